The lowest BCUT2D eigenvalue weighted by molar-refractivity contribution is -0.149. The molecule has 1 aromatic heterocycles. The van der Waals surface area contributed by atoms with E-state index in [1.807, 2.05) is 0 Å². The normalized spacial score (nSPS) is 14.7. The minimum atomic E-state index is -4.50. The number of hydrogen-bond donors (Lipinski definition) is 0. The Bertz CT molecular complexity index is 470. The Kier molecular flexibility index (Phi) is 3.56. The average molecular weight is 280 g/mol. The molecule has 0 aliphatic carbocycles. The highest BCUT2D eigenvalue weighted by atomic mass is 32.2. The van der Waals surface area contributed by atoms with E-state index in [4.69, 9.17) is 0 Å². The molecule has 100 valence electrons. The second kappa shape index (κ2) is 4.83. The summed E-state index contributed by atoms with van der Waals surface area (Å²) in [6.07, 6.45) is -4.50. The fourth-order valence-corrected chi connectivity index (χ4v) is 2.86. The molecule has 0 fully saturated rings. The maximum atomic E-state index is 13.0. The molecule has 1 aliphatic heterocycles. The average Bonchev–Trinajstić information content (AvgIpc) is 2.74. The predicted molar refractivity (Wildman–Crippen MR) is 58.9 cm³/mol. The lowest BCUT2D eigenvalue weighted by Gasteiger charge is -2.11. The zero-order valence-corrected chi connectivity index (χ0v) is 10.4. The molecular formula is C10H11F3N2O2S. The van der Waals surface area contributed by atoms with E-state index < -0.39 is 24.4 Å². The van der Waals surface area contributed by atoms with Crippen molar-refractivity contribution < 1.29 is 22.7 Å². The summed E-state index contributed by atoms with van der Waals surface area (Å²) in [5.41, 5.74) is -0.219. The van der Waals surface area contributed by atoms with Crippen LogP contribution in [0.4, 0.5) is 13.2 Å². The Hall–Kier alpha value is -1.18. The van der Waals surface area contributed by atoms with Crippen LogP contribution in [-0.4, -0.2) is 22.4 Å². The van der Waals surface area contributed by atoms with Crippen molar-refractivity contribution in [1.82, 2.24) is 9.78 Å². The molecule has 18 heavy (non-hydrogen) atoms. The van der Waals surface area contributed by atoms with Gasteiger partial charge in [0.2, 0.25) is 0 Å². The van der Waals surface area contributed by atoms with E-state index in [1.54, 1.807) is 6.92 Å². The smallest absolute Gasteiger partial charge is 0.433 e. The first-order valence-corrected chi connectivity index (χ1v) is 6.48. The van der Waals surface area contributed by atoms with Gasteiger partial charge in [0.15, 0.2) is 0 Å². The van der Waals surface area contributed by atoms with E-state index in [1.165, 1.54) is 11.8 Å². The number of carbonyl (C=O) groups excluding carboxylic acids is 1. The number of thioether (sulfide) groups is 1. The number of halogens is 3. The van der Waals surface area contributed by atoms with E-state index in [0.29, 0.717) is 16.1 Å². The standard InChI is InChI=1S/C10H11F3N2O2S/c1-2-17-8(16)3-15-9(10(11,12)13)6-4-18-5-7(6)14-15/h2-5H2,1H3. The second-order valence-electron chi connectivity index (χ2n) is 3.73. The van der Waals surface area contributed by atoms with Crippen molar-refractivity contribution in [1.29, 1.82) is 0 Å². The Morgan fingerprint density at radius 3 is 2.83 bits per heavy atom. The molecule has 0 radical (unpaired) electrons. The third kappa shape index (κ3) is 2.47. The fraction of sp³-hybridized carbons (Fsp3) is 0.600. The van der Waals surface area contributed by atoms with Gasteiger partial charge in [0, 0.05) is 17.1 Å². The van der Waals surface area contributed by atoms with Crippen LogP contribution >= 0.6 is 11.8 Å². The summed E-state index contributed by atoms with van der Waals surface area (Å²) in [5.74, 6) is 0.0261. The molecule has 0 saturated heterocycles. The van der Waals surface area contributed by atoms with Gasteiger partial charge in [-0.1, -0.05) is 0 Å². The number of alkyl halides is 3. The summed E-state index contributed by atoms with van der Waals surface area (Å²) in [7, 11) is 0. The van der Waals surface area contributed by atoms with Gasteiger partial charge in [0.05, 0.1) is 12.3 Å². The first kappa shape index (κ1) is 13.3. The van der Waals surface area contributed by atoms with Crippen LogP contribution in [0.3, 0.4) is 0 Å². The van der Waals surface area contributed by atoms with Crippen molar-refractivity contribution in [2.75, 3.05) is 6.61 Å². The summed E-state index contributed by atoms with van der Waals surface area (Å²) >= 11 is 1.39. The van der Waals surface area contributed by atoms with E-state index in [2.05, 4.69) is 9.84 Å². The van der Waals surface area contributed by atoms with Crippen molar-refractivity contribution >= 4 is 17.7 Å². The van der Waals surface area contributed by atoms with E-state index in [-0.39, 0.29) is 17.9 Å². The molecule has 0 amide bonds. The number of ether oxygens (including phenoxy) is 1. The first-order valence-electron chi connectivity index (χ1n) is 5.32. The molecule has 0 spiro atoms. The molecule has 1 aromatic rings. The second-order valence-corrected chi connectivity index (χ2v) is 4.71. The van der Waals surface area contributed by atoms with Gasteiger partial charge in [0.25, 0.3) is 0 Å². The molecule has 1 aliphatic rings. The van der Waals surface area contributed by atoms with Crippen LogP contribution in [0, 0.1) is 0 Å². The maximum absolute atomic E-state index is 13.0. The summed E-state index contributed by atoms with van der Waals surface area (Å²) in [5, 5.41) is 3.85. The van der Waals surface area contributed by atoms with E-state index in [9.17, 15) is 18.0 Å². The van der Waals surface area contributed by atoms with Crippen LogP contribution in [0.15, 0.2) is 0 Å². The third-order valence-electron chi connectivity index (χ3n) is 2.47. The number of esters is 1. The topological polar surface area (TPSA) is 44.1 Å². The van der Waals surface area contributed by atoms with Crippen LogP contribution in [0.2, 0.25) is 0 Å². The predicted octanol–water partition coefficient (Wildman–Crippen LogP) is 2.21. The SMILES string of the molecule is CCOC(=O)Cn1nc2c(c1C(F)(F)F)CSC2. The van der Waals surface area contributed by atoms with Gasteiger partial charge < -0.3 is 4.74 Å². The summed E-state index contributed by atoms with van der Waals surface area (Å²) in [6.45, 7) is 1.24. The Labute approximate surface area is 105 Å². The number of hydrogen-bond acceptors (Lipinski definition) is 4. The summed E-state index contributed by atoms with van der Waals surface area (Å²) < 4.78 is 44.2. The van der Waals surface area contributed by atoms with Crippen LogP contribution in [-0.2, 0) is 33.8 Å². The Morgan fingerprint density at radius 1 is 1.50 bits per heavy atom. The zero-order valence-electron chi connectivity index (χ0n) is 9.58. The largest absolute Gasteiger partial charge is 0.465 e. The van der Waals surface area contributed by atoms with E-state index >= 15 is 0 Å². The lowest BCUT2D eigenvalue weighted by atomic mass is 10.2. The quantitative estimate of drug-likeness (QED) is 0.796. The zero-order chi connectivity index (χ0) is 13.3. The fourth-order valence-electron chi connectivity index (χ4n) is 1.83. The first-order chi connectivity index (χ1) is 8.43. The number of carbonyl (C=O) groups is 1. The third-order valence-corrected chi connectivity index (χ3v) is 3.44. The highest BCUT2D eigenvalue weighted by molar-refractivity contribution is 7.98. The van der Waals surface area contributed by atoms with Gasteiger partial charge in [-0.25, -0.2) is 4.68 Å². The molecule has 4 nitrogen and oxygen atoms in total. The molecule has 0 aromatic carbocycles. The van der Waals surface area contributed by atoms with Crippen molar-refractivity contribution in [2.45, 2.75) is 31.2 Å². The van der Waals surface area contributed by atoms with Crippen LogP contribution in [0.25, 0.3) is 0 Å². The maximum Gasteiger partial charge on any atom is 0.433 e. The van der Waals surface area contributed by atoms with Crippen molar-refractivity contribution in [3.05, 3.63) is 17.0 Å². The number of nitrogens with zero attached hydrogens (tertiary/aromatic N) is 2. The van der Waals surface area contributed by atoms with Crippen LogP contribution in [0.1, 0.15) is 23.9 Å². The minimum absolute atomic E-state index is 0.136. The Balaban J connectivity index is 2.33. The Morgan fingerprint density at radius 2 is 2.22 bits per heavy atom. The number of rotatable bonds is 3. The number of aromatic nitrogens is 2. The summed E-state index contributed by atoms with van der Waals surface area (Å²) in [6, 6.07) is 0. The van der Waals surface area contributed by atoms with Crippen LogP contribution in [0.5, 0.6) is 0 Å². The monoisotopic (exact) mass is 280 g/mol. The molecule has 8 heteroatoms. The van der Waals surface area contributed by atoms with E-state index in [0.717, 1.165) is 0 Å². The molecule has 2 heterocycles. The van der Waals surface area contributed by atoms with Gasteiger partial charge >= 0.3 is 12.1 Å². The lowest BCUT2D eigenvalue weighted by Crippen LogP contribution is -2.21. The molecular weight excluding hydrogens is 269 g/mol. The van der Waals surface area contributed by atoms with Crippen LogP contribution < -0.4 is 0 Å². The number of fused-ring (bicyclic) bond motifs is 1. The van der Waals surface area contributed by atoms with Gasteiger partial charge in [0.1, 0.15) is 12.2 Å². The summed E-state index contributed by atoms with van der Waals surface area (Å²) in [4.78, 5) is 11.3. The molecule has 0 N–H and O–H groups in total. The van der Waals surface area contributed by atoms with Gasteiger partial charge in [-0.2, -0.15) is 30.0 Å². The molecule has 0 unspecified atom stereocenters. The van der Waals surface area contributed by atoms with Crippen molar-refractivity contribution in [3.8, 4) is 0 Å². The van der Waals surface area contributed by atoms with Gasteiger partial charge in [-0.15, -0.1) is 0 Å². The van der Waals surface area contributed by atoms with Gasteiger partial charge in [-0.3, -0.25) is 4.79 Å². The van der Waals surface area contributed by atoms with Crippen molar-refractivity contribution in [3.63, 3.8) is 0 Å². The highest BCUT2D eigenvalue weighted by Gasteiger charge is 2.41. The molecule has 0 atom stereocenters. The minimum Gasteiger partial charge on any atom is -0.465 e. The molecule has 0 bridgehead atoms. The van der Waals surface area contributed by atoms with Crippen molar-refractivity contribution in [2.24, 2.45) is 0 Å². The highest BCUT2D eigenvalue weighted by Crippen LogP contribution is 2.39. The van der Waals surface area contributed by atoms with Gasteiger partial charge in [-0.05, 0) is 6.92 Å². The molecule has 2 rings (SSSR count). The molecule has 0 saturated carbocycles.